The Balaban J connectivity index is 1.84. The fourth-order valence-electron chi connectivity index (χ4n) is 3.46. The van der Waals surface area contributed by atoms with Crippen molar-refractivity contribution in [3.05, 3.63) is 47.0 Å². The maximum absolute atomic E-state index is 13.9. The van der Waals surface area contributed by atoms with E-state index in [1.54, 1.807) is 18.3 Å². The molecular formula is C19H24FN3O2. The molecule has 1 aliphatic heterocycles. The number of benzene rings is 1. The SMILES string of the molecule is CCC(CC)n1ncc(C(=O)N[C@@H]2c3cccc(F)c3O[C@H]2C)c1C. The summed E-state index contributed by atoms with van der Waals surface area (Å²) >= 11 is 0. The smallest absolute Gasteiger partial charge is 0.255 e. The molecule has 0 spiro atoms. The van der Waals surface area contributed by atoms with Crippen LogP contribution in [0.2, 0.25) is 0 Å². The summed E-state index contributed by atoms with van der Waals surface area (Å²) in [5.74, 6) is -0.393. The number of fused-ring (bicyclic) bond motifs is 1. The molecule has 1 N–H and O–H groups in total. The number of aromatic nitrogens is 2. The first-order chi connectivity index (χ1) is 12.0. The predicted octanol–water partition coefficient (Wildman–Crippen LogP) is 3.94. The molecule has 3 rings (SSSR count). The van der Waals surface area contributed by atoms with Gasteiger partial charge >= 0.3 is 0 Å². The van der Waals surface area contributed by atoms with Gasteiger partial charge in [-0.3, -0.25) is 9.48 Å². The standard InChI is InChI=1S/C19H24FN3O2/c1-5-13(6-2)23-11(3)15(10-21-23)19(24)22-17-12(4)25-18-14(17)8-7-9-16(18)20/h7-10,12-13,17H,5-6H2,1-4H3,(H,22,24)/t12-,17-/m0/s1. The minimum atomic E-state index is -0.404. The molecule has 5 nitrogen and oxygen atoms in total. The third kappa shape index (κ3) is 3.01. The molecule has 0 bridgehead atoms. The van der Waals surface area contributed by atoms with Crippen LogP contribution in [0.15, 0.2) is 24.4 Å². The first-order valence-electron chi connectivity index (χ1n) is 8.77. The molecule has 2 atom stereocenters. The molecule has 1 amide bonds. The number of amides is 1. The van der Waals surface area contributed by atoms with Crippen LogP contribution in [0.1, 0.15) is 67.3 Å². The van der Waals surface area contributed by atoms with E-state index in [0.29, 0.717) is 11.1 Å². The number of nitrogens with zero attached hydrogens (tertiary/aromatic N) is 2. The number of ether oxygens (including phenoxy) is 1. The summed E-state index contributed by atoms with van der Waals surface area (Å²) in [5, 5.41) is 7.37. The van der Waals surface area contributed by atoms with Crippen molar-refractivity contribution < 1.29 is 13.9 Å². The van der Waals surface area contributed by atoms with Crippen LogP contribution >= 0.6 is 0 Å². The Kier molecular flexibility index (Phi) is 4.79. The number of nitrogens with one attached hydrogen (secondary N) is 1. The maximum Gasteiger partial charge on any atom is 0.255 e. The molecule has 25 heavy (non-hydrogen) atoms. The molecule has 1 aromatic carbocycles. The van der Waals surface area contributed by atoms with Gasteiger partial charge in [0.1, 0.15) is 6.10 Å². The maximum atomic E-state index is 13.9. The monoisotopic (exact) mass is 345 g/mol. The Morgan fingerprint density at radius 3 is 2.80 bits per heavy atom. The summed E-state index contributed by atoms with van der Waals surface area (Å²) in [7, 11) is 0. The van der Waals surface area contributed by atoms with E-state index in [2.05, 4.69) is 24.3 Å². The van der Waals surface area contributed by atoms with Gasteiger partial charge in [-0.2, -0.15) is 5.10 Å². The lowest BCUT2D eigenvalue weighted by Crippen LogP contribution is -2.34. The summed E-state index contributed by atoms with van der Waals surface area (Å²) < 4.78 is 21.4. The Morgan fingerprint density at radius 2 is 2.12 bits per heavy atom. The van der Waals surface area contributed by atoms with Crippen molar-refractivity contribution in [2.24, 2.45) is 0 Å². The molecule has 0 unspecified atom stereocenters. The quantitative estimate of drug-likeness (QED) is 0.893. The van der Waals surface area contributed by atoms with E-state index in [4.69, 9.17) is 4.74 Å². The van der Waals surface area contributed by atoms with E-state index in [-0.39, 0.29) is 29.8 Å². The topological polar surface area (TPSA) is 56.2 Å². The third-order valence-electron chi connectivity index (χ3n) is 4.97. The van der Waals surface area contributed by atoms with Crippen LogP contribution in [0.3, 0.4) is 0 Å². The largest absolute Gasteiger partial charge is 0.485 e. The zero-order chi connectivity index (χ0) is 18.1. The van der Waals surface area contributed by atoms with Gasteiger partial charge in [-0.25, -0.2) is 4.39 Å². The number of rotatable bonds is 5. The van der Waals surface area contributed by atoms with Crippen LogP contribution in [0.25, 0.3) is 0 Å². The summed E-state index contributed by atoms with van der Waals surface area (Å²) in [6.07, 6.45) is 3.20. The van der Waals surface area contributed by atoms with Crippen molar-refractivity contribution in [2.45, 2.75) is 58.7 Å². The van der Waals surface area contributed by atoms with Gasteiger partial charge in [0.25, 0.3) is 5.91 Å². The molecule has 134 valence electrons. The third-order valence-corrected chi connectivity index (χ3v) is 4.97. The molecule has 2 heterocycles. The van der Waals surface area contributed by atoms with E-state index in [1.165, 1.54) is 6.07 Å². The van der Waals surface area contributed by atoms with Crippen molar-refractivity contribution in [3.63, 3.8) is 0 Å². The molecule has 6 heteroatoms. The molecular weight excluding hydrogens is 321 g/mol. The lowest BCUT2D eigenvalue weighted by Gasteiger charge is -2.18. The van der Waals surface area contributed by atoms with E-state index < -0.39 is 5.82 Å². The van der Waals surface area contributed by atoms with Gasteiger partial charge in [0, 0.05) is 11.3 Å². The van der Waals surface area contributed by atoms with Gasteiger partial charge in [0.05, 0.1) is 23.8 Å². The number of para-hydroxylation sites is 1. The summed E-state index contributed by atoms with van der Waals surface area (Å²) in [4.78, 5) is 12.8. The second-order valence-corrected chi connectivity index (χ2v) is 6.49. The van der Waals surface area contributed by atoms with Crippen LogP contribution in [0.4, 0.5) is 4.39 Å². The number of halogens is 1. The van der Waals surface area contributed by atoms with E-state index in [0.717, 1.165) is 18.5 Å². The zero-order valence-electron chi connectivity index (χ0n) is 15.0. The Morgan fingerprint density at radius 1 is 1.40 bits per heavy atom. The number of hydrogen-bond acceptors (Lipinski definition) is 3. The second kappa shape index (κ2) is 6.86. The first-order valence-corrected chi connectivity index (χ1v) is 8.77. The summed E-state index contributed by atoms with van der Waals surface area (Å²) in [6.45, 7) is 7.95. The molecule has 2 aromatic rings. The molecule has 0 saturated carbocycles. The average Bonchev–Trinajstić information content (AvgIpc) is 3.12. The summed E-state index contributed by atoms with van der Waals surface area (Å²) in [5.41, 5.74) is 2.06. The fraction of sp³-hybridized carbons (Fsp3) is 0.474. The Hall–Kier alpha value is -2.37. The molecule has 0 radical (unpaired) electrons. The van der Waals surface area contributed by atoms with Crippen molar-refractivity contribution in [1.29, 1.82) is 0 Å². The lowest BCUT2D eigenvalue weighted by atomic mass is 10.0. The van der Waals surface area contributed by atoms with Gasteiger partial charge in [-0.15, -0.1) is 0 Å². The molecule has 0 aliphatic carbocycles. The number of hydrogen-bond donors (Lipinski definition) is 1. The predicted molar refractivity (Wildman–Crippen MR) is 93.3 cm³/mol. The van der Waals surface area contributed by atoms with Gasteiger partial charge in [0.2, 0.25) is 0 Å². The first kappa shape index (κ1) is 17.5. The van der Waals surface area contributed by atoms with Crippen LogP contribution in [-0.2, 0) is 0 Å². The summed E-state index contributed by atoms with van der Waals surface area (Å²) in [6, 6.07) is 4.68. The average molecular weight is 345 g/mol. The van der Waals surface area contributed by atoms with Gasteiger partial charge in [0.15, 0.2) is 11.6 Å². The van der Waals surface area contributed by atoms with Crippen molar-refractivity contribution in [3.8, 4) is 5.75 Å². The van der Waals surface area contributed by atoms with Crippen LogP contribution in [0.5, 0.6) is 5.75 Å². The number of carbonyl (C=O) groups excluding carboxylic acids is 1. The van der Waals surface area contributed by atoms with Gasteiger partial charge in [-0.1, -0.05) is 26.0 Å². The molecule has 0 fully saturated rings. The Labute approximate surface area is 147 Å². The highest BCUT2D eigenvalue weighted by Crippen LogP contribution is 2.38. The highest BCUT2D eigenvalue weighted by molar-refractivity contribution is 5.95. The second-order valence-electron chi connectivity index (χ2n) is 6.49. The van der Waals surface area contributed by atoms with Crippen LogP contribution < -0.4 is 10.1 Å². The highest BCUT2D eigenvalue weighted by atomic mass is 19.1. The number of carbonyl (C=O) groups is 1. The molecule has 0 saturated heterocycles. The zero-order valence-corrected chi connectivity index (χ0v) is 15.0. The van der Waals surface area contributed by atoms with Gasteiger partial charge < -0.3 is 10.1 Å². The minimum absolute atomic E-state index is 0.215. The molecule has 1 aromatic heterocycles. The Bertz CT molecular complexity index is 783. The van der Waals surface area contributed by atoms with Crippen molar-refractivity contribution in [2.75, 3.05) is 0 Å². The van der Waals surface area contributed by atoms with Crippen LogP contribution in [-0.4, -0.2) is 21.8 Å². The van der Waals surface area contributed by atoms with Crippen molar-refractivity contribution >= 4 is 5.91 Å². The van der Waals surface area contributed by atoms with E-state index in [1.807, 2.05) is 18.5 Å². The molecule has 1 aliphatic rings. The van der Waals surface area contributed by atoms with Crippen LogP contribution in [0, 0.1) is 12.7 Å². The fourth-order valence-corrected chi connectivity index (χ4v) is 3.46. The van der Waals surface area contributed by atoms with E-state index >= 15 is 0 Å². The normalized spacial score (nSPS) is 19.0. The van der Waals surface area contributed by atoms with Crippen molar-refractivity contribution in [1.82, 2.24) is 15.1 Å². The lowest BCUT2D eigenvalue weighted by molar-refractivity contribution is 0.0906. The minimum Gasteiger partial charge on any atom is -0.485 e. The van der Waals surface area contributed by atoms with Gasteiger partial charge in [-0.05, 0) is 32.8 Å². The van der Waals surface area contributed by atoms with E-state index in [9.17, 15) is 9.18 Å². The highest BCUT2D eigenvalue weighted by Gasteiger charge is 2.35.